The molecule has 1 saturated carbocycles. The van der Waals surface area contributed by atoms with E-state index in [1.807, 2.05) is 0 Å². The van der Waals surface area contributed by atoms with Crippen LogP contribution in [0.15, 0.2) is 6.07 Å². The highest BCUT2D eigenvalue weighted by Crippen LogP contribution is 2.30. The van der Waals surface area contributed by atoms with Crippen LogP contribution < -0.4 is 11.1 Å². The minimum atomic E-state index is 0.0984. The van der Waals surface area contributed by atoms with Gasteiger partial charge >= 0.3 is 0 Å². The Labute approximate surface area is 105 Å². The van der Waals surface area contributed by atoms with Crippen LogP contribution in [0.2, 0.25) is 0 Å². The average Bonchev–Trinajstić information content (AvgIpc) is 2.70. The molecule has 0 spiro atoms. The van der Waals surface area contributed by atoms with Gasteiger partial charge in [0.25, 0.3) is 5.91 Å². The third-order valence-electron chi connectivity index (χ3n) is 3.73. The first-order chi connectivity index (χ1) is 8.22. The predicted molar refractivity (Wildman–Crippen MR) is 69.4 cm³/mol. The molecule has 17 heavy (non-hydrogen) atoms. The van der Waals surface area contributed by atoms with E-state index in [-0.39, 0.29) is 11.9 Å². The molecular weight excluding hydrogens is 232 g/mol. The number of nitrogens with two attached hydrogens (primary N) is 1. The molecule has 3 rings (SSSR count). The van der Waals surface area contributed by atoms with E-state index in [4.69, 9.17) is 5.73 Å². The third kappa shape index (κ3) is 2.24. The number of amides is 1. The fourth-order valence-electron chi connectivity index (χ4n) is 2.64. The van der Waals surface area contributed by atoms with E-state index in [1.165, 1.54) is 23.3 Å². The summed E-state index contributed by atoms with van der Waals surface area (Å²) in [5.74, 6) is 0.0984. The quantitative estimate of drug-likeness (QED) is 0.841. The SMILES string of the molecule is NC1CC(NC(=O)c2cc3c(s2)CCCC3)C1. The third-order valence-corrected chi connectivity index (χ3v) is 4.97. The van der Waals surface area contributed by atoms with Gasteiger partial charge in [-0.25, -0.2) is 0 Å². The summed E-state index contributed by atoms with van der Waals surface area (Å²) in [5.41, 5.74) is 7.11. The van der Waals surface area contributed by atoms with Crippen LogP contribution in [0.25, 0.3) is 0 Å². The molecule has 3 nitrogen and oxygen atoms in total. The highest BCUT2D eigenvalue weighted by Gasteiger charge is 2.28. The molecule has 1 aromatic heterocycles. The van der Waals surface area contributed by atoms with Crippen molar-refractivity contribution in [3.8, 4) is 0 Å². The van der Waals surface area contributed by atoms with E-state index in [1.54, 1.807) is 11.3 Å². The lowest BCUT2D eigenvalue weighted by Gasteiger charge is -2.32. The van der Waals surface area contributed by atoms with Crippen LogP contribution in [0.4, 0.5) is 0 Å². The van der Waals surface area contributed by atoms with Gasteiger partial charge in [0.15, 0.2) is 0 Å². The van der Waals surface area contributed by atoms with Gasteiger partial charge in [-0.2, -0.15) is 0 Å². The van der Waals surface area contributed by atoms with Crippen molar-refractivity contribution in [2.75, 3.05) is 0 Å². The smallest absolute Gasteiger partial charge is 0.261 e. The van der Waals surface area contributed by atoms with Gasteiger partial charge in [-0.15, -0.1) is 11.3 Å². The molecule has 0 atom stereocenters. The fourth-order valence-corrected chi connectivity index (χ4v) is 3.80. The molecule has 0 bridgehead atoms. The second-order valence-electron chi connectivity index (χ2n) is 5.17. The maximum atomic E-state index is 12.0. The lowest BCUT2D eigenvalue weighted by Crippen LogP contribution is -2.50. The van der Waals surface area contributed by atoms with Gasteiger partial charge in [0.1, 0.15) is 0 Å². The van der Waals surface area contributed by atoms with E-state index in [0.29, 0.717) is 6.04 Å². The van der Waals surface area contributed by atoms with E-state index in [0.717, 1.165) is 30.6 Å². The molecule has 2 aliphatic rings. The Morgan fingerprint density at radius 3 is 2.82 bits per heavy atom. The summed E-state index contributed by atoms with van der Waals surface area (Å²) in [6, 6.07) is 2.68. The van der Waals surface area contributed by atoms with E-state index >= 15 is 0 Å². The van der Waals surface area contributed by atoms with E-state index in [9.17, 15) is 4.79 Å². The predicted octanol–water partition coefficient (Wildman–Crippen LogP) is 1.85. The standard InChI is InChI=1S/C13H18N2OS/c14-9-6-10(7-9)15-13(16)12-5-8-3-1-2-4-11(8)17-12/h5,9-10H,1-4,6-7,14H2,(H,15,16). The van der Waals surface area contributed by atoms with Crippen LogP contribution >= 0.6 is 11.3 Å². The number of carbonyl (C=O) groups is 1. The molecule has 2 aliphatic carbocycles. The lowest BCUT2D eigenvalue weighted by molar-refractivity contribution is 0.0914. The topological polar surface area (TPSA) is 55.1 Å². The van der Waals surface area contributed by atoms with Crippen LogP contribution in [-0.4, -0.2) is 18.0 Å². The number of aryl methyl sites for hydroxylation is 2. The van der Waals surface area contributed by atoms with Crippen LogP contribution in [-0.2, 0) is 12.8 Å². The number of nitrogens with one attached hydrogen (secondary N) is 1. The zero-order chi connectivity index (χ0) is 11.8. The van der Waals surface area contributed by atoms with Gasteiger partial charge in [0.2, 0.25) is 0 Å². The van der Waals surface area contributed by atoms with Crippen molar-refractivity contribution >= 4 is 17.2 Å². The lowest BCUT2D eigenvalue weighted by atomic mass is 9.87. The van der Waals surface area contributed by atoms with Crippen molar-refractivity contribution in [3.63, 3.8) is 0 Å². The van der Waals surface area contributed by atoms with Crippen LogP contribution in [0.5, 0.6) is 0 Å². The van der Waals surface area contributed by atoms with Gasteiger partial charge in [0, 0.05) is 17.0 Å². The summed E-state index contributed by atoms with van der Waals surface area (Å²) < 4.78 is 0. The highest BCUT2D eigenvalue weighted by molar-refractivity contribution is 7.14. The van der Waals surface area contributed by atoms with Crippen molar-refractivity contribution < 1.29 is 4.79 Å². The number of fused-ring (bicyclic) bond motifs is 1. The normalized spacial score (nSPS) is 27.1. The minimum absolute atomic E-state index is 0.0984. The average molecular weight is 250 g/mol. The summed E-state index contributed by atoms with van der Waals surface area (Å²) in [7, 11) is 0. The van der Waals surface area contributed by atoms with Crippen molar-refractivity contribution in [1.82, 2.24) is 5.32 Å². The second kappa shape index (κ2) is 4.42. The largest absolute Gasteiger partial charge is 0.348 e. The van der Waals surface area contributed by atoms with E-state index in [2.05, 4.69) is 11.4 Å². The number of hydrogen-bond acceptors (Lipinski definition) is 3. The monoisotopic (exact) mass is 250 g/mol. The summed E-state index contributed by atoms with van der Waals surface area (Å²) in [6.07, 6.45) is 6.69. The van der Waals surface area contributed by atoms with Gasteiger partial charge in [-0.3, -0.25) is 4.79 Å². The van der Waals surface area contributed by atoms with Gasteiger partial charge < -0.3 is 11.1 Å². The molecular formula is C13H18N2OS. The Balaban J connectivity index is 1.67. The number of thiophene rings is 1. The molecule has 1 aromatic rings. The number of rotatable bonds is 2. The number of carbonyl (C=O) groups excluding carboxylic acids is 1. The summed E-state index contributed by atoms with van der Waals surface area (Å²) in [4.78, 5) is 14.3. The maximum absolute atomic E-state index is 12.0. The molecule has 1 fully saturated rings. The molecule has 0 aliphatic heterocycles. The maximum Gasteiger partial charge on any atom is 0.261 e. The van der Waals surface area contributed by atoms with Crippen molar-refractivity contribution in [2.45, 2.75) is 50.6 Å². The summed E-state index contributed by atoms with van der Waals surface area (Å²) in [6.45, 7) is 0. The first-order valence-electron chi connectivity index (χ1n) is 6.40. The van der Waals surface area contributed by atoms with E-state index < -0.39 is 0 Å². The zero-order valence-electron chi connectivity index (χ0n) is 9.87. The first kappa shape index (κ1) is 11.2. The Bertz CT molecular complexity index is 411. The van der Waals surface area contributed by atoms with Gasteiger partial charge in [-0.05, 0) is 50.2 Å². The number of hydrogen-bond donors (Lipinski definition) is 2. The Morgan fingerprint density at radius 1 is 1.35 bits per heavy atom. The highest BCUT2D eigenvalue weighted by atomic mass is 32.1. The molecule has 92 valence electrons. The molecule has 0 radical (unpaired) electrons. The molecule has 3 N–H and O–H groups in total. The van der Waals surface area contributed by atoms with Crippen LogP contribution in [0, 0.1) is 0 Å². The Kier molecular flexibility index (Phi) is 2.92. The second-order valence-corrected chi connectivity index (χ2v) is 6.30. The van der Waals surface area contributed by atoms with Gasteiger partial charge in [-0.1, -0.05) is 0 Å². The van der Waals surface area contributed by atoms with Crippen LogP contribution in [0.3, 0.4) is 0 Å². The Hall–Kier alpha value is -0.870. The van der Waals surface area contributed by atoms with Crippen LogP contribution in [0.1, 0.15) is 45.8 Å². The molecule has 0 saturated heterocycles. The zero-order valence-corrected chi connectivity index (χ0v) is 10.7. The fraction of sp³-hybridized carbons (Fsp3) is 0.615. The summed E-state index contributed by atoms with van der Waals surface area (Å²) in [5, 5.41) is 3.06. The van der Waals surface area contributed by atoms with Gasteiger partial charge in [0.05, 0.1) is 4.88 Å². The molecule has 0 aromatic carbocycles. The first-order valence-corrected chi connectivity index (χ1v) is 7.22. The minimum Gasteiger partial charge on any atom is -0.348 e. The molecule has 1 heterocycles. The Morgan fingerprint density at radius 2 is 2.12 bits per heavy atom. The molecule has 4 heteroatoms. The summed E-state index contributed by atoms with van der Waals surface area (Å²) >= 11 is 1.68. The molecule has 1 amide bonds. The molecule has 0 unspecified atom stereocenters. The van der Waals surface area contributed by atoms with Crippen molar-refractivity contribution in [2.24, 2.45) is 5.73 Å². The van der Waals surface area contributed by atoms with Crippen molar-refractivity contribution in [1.29, 1.82) is 0 Å². The van der Waals surface area contributed by atoms with Crippen molar-refractivity contribution in [3.05, 3.63) is 21.4 Å².